The van der Waals surface area contributed by atoms with Gasteiger partial charge in [0.05, 0.1) is 19.4 Å². The van der Waals surface area contributed by atoms with Gasteiger partial charge < -0.3 is 9.30 Å². The van der Waals surface area contributed by atoms with Crippen LogP contribution < -0.4 is 9.46 Å². The molecular weight excluding hydrogens is 378 g/mol. The summed E-state index contributed by atoms with van der Waals surface area (Å²) in [5.74, 6) is 2.55. The molecule has 8 nitrogen and oxygen atoms in total. The van der Waals surface area contributed by atoms with Crippen molar-refractivity contribution >= 4 is 10.0 Å². The van der Waals surface area contributed by atoms with Crippen LogP contribution in [0.2, 0.25) is 0 Å². The van der Waals surface area contributed by atoms with Gasteiger partial charge in [-0.15, -0.1) is 10.2 Å². The monoisotopic (exact) mass is 407 g/mol. The van der Waals surface area contributed by atoms with Crippen molar-refractivity contribution < 1.29 is 13.2 Å². The van der Waals surface area contributed by atoms with Crippen molar-refractivity contribution in [2.45, 2.75) is 39.4 Å². The molecule has 9 heteroatoms. The first kappa shape index (κ1) is 20.8. The van der Waals surface area contributed by atoms with E-state index in [0.717, 1.165) is 49.7 Å². The number of benzene rings is 1. The highest BCUT2D eigenvalue weighted by molar-refractivity contribution is 7.88. The lowest BCUT2D eigenvalue weighted by Crippen LogP contribution is -2.33. The number of hydrogen-bond donors (Lipinski definition) is 1. The molecule has 0 saturated heterocycles. The summed E-state index contributed by atoms with van der Waals surface area (Å²) in [6, 6.07) is 7.66. The Kier molecular flexibility index (Phi) is 6.36. The Balaban J connectivity index is 1.77. The molecule has 0 spiro atoms. The van der Waals surface area contributed by atoms with Crippen molar-refractivity contribution in [3.05, 3.63) is 41.5 Å². The maximum atomic E-state index is 11.8. The van der Waals surface area contributed by atoms with E-state index in [1.54, 1.807) is 7.11 Å². The van der Waals surface area contributed by atoms with Gasteiger partial charge in [-0.1, -0.05) is 32.0 Å². The molecule has 154 valence electrons. The Hall–Kier alpha value is -1.97. The predicted molar refractivity (Wildman–Crippen MR) is 108 cm³/mol. The van der Waals surface area contributed by atoms with Gasteiger partial charge in [-0.3, -0.25) is 4.90 Å². The molecule has 1 aromatic carbocycles. The fourth-order valence-electron chi connectivity index (χ4n) is 3.57. The van der Waals surface area contributed by atoms with E-state index in [1.807, 2.05) is 32.0 Å². The topological polar surface area (TPSA) is 89.3 Å². The van der Waals surface area contributed by atoms with Crippen LogP contribution in [0.5, 0.6) is 5.75 Å². The number of nitrogens with one attached hydrogen (secondary N) is 1. The standard InChI is InChI=1S/C19H29N5O3S/c1-14(2)18(22-28(4,25)26)19-21-20-17-9-10-23(11-12-24(17)19)13-15-7-5-6-8-16(15)27-3/h5-8,14,18,22H,9-13H2,1-4H3. The summed E-state index contributed by atoms with van der Waals surface area (Å²) in [5, 5.41) is 8.68. The van der Waals surface area contributed by atoms with Crippen molar-refractivity contribution in [3.63, 3.8) is 0 Å². The number of rotatable bonds is 7. The molecule has 1 aliphatic heterocycles. The van der Waals surface area contributed by atoms with Crippen LogP contribution in [0.25, 0.3) is 0 Å². The van der Waals surface area contributed by atoms with E-state index in [1.165, 1.54) is 6.26 Å². The van der Waals surface area contributed by atoms with Crippen molar-refractivity contribution in [2.75, 3.05) is 26.5 Å². The minimum absolute atomic E-state index is 0.0657. The zero-order chi connectivity index (χ0) is 20.3. The maximum Gasteiger partial charge on any atom is 0.209 e. The summed E-state index contributed by atoms with van der Waals surface area (Å²) in [7, 11) is -1.65. The van der Waals surface area contributed by atoms with E-state index in [-0.39, 0.29) is 5.92 Å². The van der Waals surface area contributed by atoms with Crippen molar-refractivity contribution in [3.8, 4) is 5.75 Å². The summed E-state index contributed by atoms with van der Waals surface area (Å²) in [6.07, 6.45) is 1.95. The second-order valence-corrected chi connectivity index (χ2v) is 9.36. The van der Waals surface area contributed by atoms with Crippen molar-refractivity contribution in [1.82, 2.24) is 24.4 Å². The summed E-state index contributed by atoms with van der Waals surface area (Å²) in [5.41, 5.74) is 1.15. The normalized spacial score (nSPS) is 16.6. The Morgan fingerprint density at radius 3 is 2.61 bits per heavy atom. The van der Waals surface area contributed by atoms with Crippen LogP contribution in [-0.4, -0.2) is 54.5 Å². The summed E-state index contributed by atoms with van der Waals surface area (Å²) in [6.45, 7) is 7.18. The molecule has 0 amide bonds. The lowest BCUT2D eigenvalue weighted by Gasteiger charge is -2.23. The third kappa shape index (κ3) is 4.89. The van der Waals surface area contributed by atoms with E-state index in [9.17, 15) is 8.42 Å². The van der Waals surface area contributed by atoms with Gasteiger partial charge in [0.25, 0.3) is 0 Å². The van der Waals surface area contributed by atoms with Gasteiger partial charge in [-0.25, -0.2) is 13.1 Å². The average molecular weight is 408 g/mol. The number of nitrogens with zero attached hydrogens (tertiary/aromatic N) is 4. The van der Waals surface area contributed by atoms with Crippen molar-refractivity contribution in [1.29, 1.82) is 0 Å². The van der Waals surface area contributed by atoms with Gasteiger partial charge in [0.15, 0.2) is 5.82 Å². The first-order chi connectivity index (χ1) is 13.3. The van der Waals surface area contributed by atoms with Gasteiger partial charge in [0.1, 0.15) is 11.6 Å². The molecule has 0 aliphatic carbocycles. The van der Waals surface area contributed by atoms with Gasteiger partial charge in [-0.05, 0) is 12.0 Å². The molecule has 2 aromatic rings. The largest absolute Gasteiger partial charge is 0.496 e. The molecule has 1 atom stereocenters. The molecular formula is C19H29N5O3S. The number of methoxy groups -OCH3 is 1. The van der Waals surface area contributed by atoms with Gasteiger partial charge in [0, 0.05) is 38.2 Å². The lowest BCUT2D eigenvalue weighted by atomic mass is 10.1. The Labute approximate surface area is 167 Å². The quantitative estimate of drug-likeness (QED) is 0.750. The number of aromatic nitrogens is 3. The number of ether oxygens (including phenoxy) is 1. The highest BCUT2D eigenvalue weighted by Gasteiger charge is 2.28. The molecule has 1 aliphatic rings. The molecule has 0 radical (unpaired) electrons. The SMILES string of the molecule is COc1ccccc1CN1CCc2nnc(C(NS(C)(=O)=O)C(C)C)n2CC1. The molecule has 1 aromatic heterocycles. The van der Waals surface area contributed by atoms with Crippen LogP contribution >= 0.6 is 0 Å². The smallest absolute Gasteiger partial charge is 0.209 e. The Bertz CT molecular complexity index is 910. The highest BCUT2D eigenvalue weighted by Crippen LogP contribution is 2.24. The van der Waals surface area contributed by atoms with E-state index < -0.39 is 16.1 Å². The minimum Gasteiger partial charge on any atom is -0.496 e. The zero-order valence-electron chi connectivity index (χ0n) is 16.9. The Morgan fingerprint density at radius 1 is 1.18 bits per heavy atom. The Morgan fingerprint density at radius 2 is 1.93 bits per heavy atom. The fourth-order valence-corrected chi connectivity index (χ4v) is 4.41. The fraction of sp³-hybridized carbons (Fsp3) is 0.579. The highest BCUT2D eigenvalue weighted by atomic mass is 32.2. The molecule has 2 heterocycles. The van der Waals surface area contributed by atoms with Gasteiger partial charge >= 0.3 is 0 Å². The van der Waals surface area contributed by atoms with Crippen LogP contribution in [0.15, 0.2) is 24.3 Å². The third-order valence-electron chi connectivity index (χ3n) is 5.02. The van der Waals surface area contributed by atoms with E-state index in [4.69, 9.17) is 4.74 Å². The van der Waals surface area contributed by atoms with Gasteiger partial charge in [0.2, 0.25) is 10.0 Å². The first-order valence-electron chi connectivity index (χ1n) is 9.52. The zero-order valence-corrected chi connectivity index (χ0v) is 17.7. The molecule has 1 N–H and O–H groups in total. The van der Waals surface area contributed by atoms with Crippen LogP contribution in [0.1, 0.15) is 37.1 Å². The number of sulfonamides is 1. The predicted octanol–water partition coefficient (Wildman–Crippen LogP) is 1.59. The second-order valence-electron chi connectivity index (χ2n) is 7.58. The minimum atomic E-state index is -3.34. The maximum absolute atomic E-state index is 11.8. The van der Waals surface area contributed by atoms with Crippen molar-refractivity contribution in [2.24, 2.45) is 5.92 Å². The lowest BCUT2D eigenvalue weighted by molar-refractivity contribution is 0.264. The molecule has 0 bridgehead atoms. The van der Waals surface area contributed by atoms with Crippen LogP contribution in [-0.2, 0) is 29.5 Å². The summed E-state index contributed by atoms with van der Waals surface area (Å²) >= 11 is 0. The van der Waals surface area contributed by atoms with E-state index >= 15 is 0 Å². The first-order valence-corrected chi connectivity index (χ1v) is 11.4. The van der Waals surface area contributed by atoms with Crippen LogP contribution in [0.3, 0.4) is 0 Å². The number of fused-ring (bicyclic) bond motifs is 1. The van der Waals surface area contributed by atoms with E-state index in [0.29, 0.717) is 5.82 Å². The molecule has 3 rings (SSSR count). The van der Waals surface area contributed by atoms with Crippen LogP contribution in [0, 0.1) is 5.92 Å². The van der Waals surface area contributed by atoms with Gasteiger partial charge in [-0.2, -0.15) is 0 Å². The molecule has 0 saturated carbocycles. The summed E-state index contributed by atoms with van der Waals surface area (Å²) < 4.78 is 33.9. The third-order valence-corrected chi connectivity index (χ3v) is 5.70. The summed E-state index contributed by atoms with van der Waals surface area (Å²) in [4.78, 5) is 2.37. The number of hydrogen-bond acceptors (Lipinski definition) is 6. The molecule has 0 fully saturated rings. The second kappa shape index (κ2) is 8.59. The number of para-hydroxylation sites is 1. The van der Waals surface area contributed by atoms with E-state index in [2.05, 4.69) is 30.5 Å². The molecule has 28 heavy (non-hydrogen) atoms. The molecule has 1 unspecified atom stereocenters. The average Bonchev–Trinajstić information content (AvgIpc) is 2.93. The van der Waals surface area contributed by atoms with Crippen LogP contribution in [0.4, 0.5) is 0 Å².